The van der Waals surface area contributed by atoms with Gasteiger partial charge in [-0.3, -0.25) is 9.88 Å². The predicted octanol–water partition coefficient (Wildman–Crippen LogP) is 2.43. The van der Waals surface area contributed by atoms with E-state index in [2.05, 4.69) is 48.1 Å². The molecule has 0 aromatic carbocycles. The summed E-state index contributed by atoms with van der Waals surface area (Å²) in [4.78, 5) is 7.01. The minimum absolute atomic E-state index is 0.210. The Kier molecular flexibility index (Phi) is 4.36. The van der Waals surface area contributed by atoms with Gasteiger partial charge in [-0.1, -0.05) is 19.4 Å². The Morgan fingerprint density at radius 2 is 2.28 bits per heavy atom. The SMILES string of the molecule is CCCC1CN(Cc2ccccn2)C(C)(C)CN1. The van der Waals surface area contributed by atoms with Gasteiger partial charge >= 0.3 is 0 Å². The van der Waals surface area contributed by atoms with E-state index in [1.165, 1.54) is 18.5 Å². The molecule has 1 aliphatic rings. The first-order valence-corrected chi connectivity index (χ1v) is 7.00. The Morgan fingerprint density at radius 1 is 1.44 bits per heavy atom. The molecule has 1 aromatic rings. The molecule has 0 spiro atoms. The van der Waals surface area contributed by atoms with Gasteiger partial charge in [0.05, 0.1) is 5.69 Å². The normalized spacial score (nSPS) is 24.1. The molecule has 1 aliphatic heterocycles. The van der Waals surface area contributed by atoms with E-state index in [9.17, 15) is 0 Å². The molecule has 1 unspecified atom stereocenters. The monoisotopic (exact) mass is 247 g/mol. The van der Waals surface area contributed by atoms with E-state index in [0.29, 0.717) is 6.04 Å². The van der Waals surface area contributed by atoms with E-state index >= 15 is 0 Å². The molecule has 3 heteroatoms. The number of hydrogen-bond donors (Lipinski definition) is 1. The van der Waals surface area contributed by atoms with E-state index in [0.717, 1.165) is 19.6 Å². The van der Waals surface area contributed by atoms with Crippen molar-refractivity contribution in [1.29, 1.82) is 0 Å². The van der Waals surface area contributed by atoms with Gasteiger partial charge in [-0.05, 0) is 32.4 Å². The predicted molar refractivity (Wildman–Crippen MR) is 75.4 cm³/mol. The lowest BCUT2D eigenvalue weighted by atomic mass is 9.95. The van der Waals surface area contributed by atoms with Crippen LogP contribution in [0.15, 0.2) is 24.4 Å². The van der Waals surface area contributed by atoms with Crippen LogP contribution in [-0.4, -0.2) is 34.6 Å². The minimum Gasteiger partial charge on any atom is -0.311 e. The van der Waals surface area contributed by atoms with Crippen molar-refractivity contribution in [2.45, 2.75) is 51.7 Å². The molecule has 1 atom stereocenters. The fraction of sp³-hybridized carbons (Fsp3) is 0.667. The van der Waals surface area contributed by atoms with Crippen molar-refractivity contribution in [1.82, 2.24) is 15.2 Å². The van der Waals surface area contributed by atoms with E-state index in [1.807, 2.05) is 12.3 Å². The maximum atomic E-state index is 4.45. The maximum Gasteiger partial charge on any atom is 0.0544 e. The lowest BCUT2D eigenvalue weighted by molar-refractivity contribution is 0.0552. The molecule has 0 bridgehead atoms. The number of nitrogens with zero attached hydrogens (tertiary/aromatic N) is 2. The smallest absolute Gasteiger partial charge is 0.0544 e. The van der Waals surface area contributed by atoms with Gasteiger partial charge in [0, 0.05) is 37.4 Å². The second-order valence-electron chi connectivity index (χ2n) is 5.88. The second kappa shape index (κ2) is 5.81. The van der Waals surface area contributed by atoms with Crippen LogP contribution in [0, 0.1) is 0 Å². The molecule has 1 N–H and O–H groups in total. The quantitative estimate of drug-likeness (QED) is 0.885. The third-order valence-corrected chi connectivity index (χ3v) is 3.84. The van der Waals surface area contributed by atoms with Gasteiger partial charge in [0.15, 0.2) is 0 Å². The molecule has 18 heavy (non-hydrogen) atoms. The van der Waals surface area contributed by atoms with Crippen LogP contribution in [0.2, 0.25) is 0 Å². The highest BCUT2D eigenvalue weighted by Gasteiger charge is 2.33. The standard InChI is InChI=1S/C15H25N3/c1-4-7-13-10-18(15(2,3)12-17-13)11-14-8-5-6-9-16-14/h5-6,8-9,13,17H,4,7,10-12H2,1-3H3. The molecular weight excluding hydrogens is 222 g/mol. The van der Waals surface area contributed by atoms with Gasteiger partial charge in [0.25, 0.3) is 0 Å². The Labute approximate surface area is 111 Å². The van der Waals surface area contributed by atoms with E-state index in [1.54, 1.807) is 0 Å². The van der Waals surface area contributed by atoms with Crippen LogP contribution in [0.25, 0.3) is 0 Å². The lowest BCUT2D eigenvalue weighted by Crippen LogP contribution is -2.61. The molecule has 0 aliphatic carbocycles. The molecule has 100 valence electrons. The van der Waals surface area contributed by atoms with Crippen LogP contribution < -0.4 is 5.32 Å². The molecular formula is C15H25N3. The van der Waals surface area contributed by atoms with Crippen LogP contribution >= 0.6 is 0 Å². The van der Waals surface area contributed by atoms with Gasteiger partial charge in [-0.2, -0.15) is 0 Å². The molecule has 1 saturated heterocycles. The summed E-state index contributed by atoms with van der Waals surface area (Å²) in [5, 5.41) is 3.66. The Balaban J connectivity index is 2.03. The number of aromatic nitrogens is 1. The number of nitrogens with one attached hydrogen (secondary N) is 1. The molecule has 1 aromatic heterocycles. The summed E-state index contributed by atoms with van der Waals surface area (Å²) in [6.07, 6.45) is 4.39. The minimum atomic E-state index is 0.210. The number of pyridine rings is 1. The fourth-order valence-corrected chi connectivity index (χ4v) is 2.59. The van der Waals surface area contributed by atoms with Crippen molar-refractivity contribution in [3.05, 3.63) is 30.1 Å². The Morgan fingerprint density at radius 3 is 2.94 bits per heavy atom. The molecule has 0 amide bonds. The van der Waals surface area contributed by atoms with Gasteiger partial charge in [0.1, 0.15) is 0 Å². The Bertz CT molecular complexity index is 361. The summed E-state index contributed by atoms with van der Waals surface area (Å²) in [6, 6.07) is 6.80. The van der Waals surface area contributed by atoms with Gasteiger partial charge in [-0.15, -0.1) is 0 Å². The number of piperazine rings is 1. The topological polar surface area (TPSA) is 28.2 Å². The van der Waals surface area contributed by atoms with Crippen molar-refractivity contribution in [3.63, 3.8) is 0 Å². The summed E-state index contributed by atoms with van der Waals surface area (Å²) < 4.78 is 0. The first-order chi connectivity index (χ1) is 8.62. The van der Waals surface area contributed by atoms with E-state index < -0.39 is 0 Å². The third-order valence-electron chi connectivity index (χ3n) is 3.84. The fourth-order valence-electron chi connectivity index (χ4n) is 2.59. The van der Waals surface area contributed by atoms with Crippen LogP contribution in [0.4, 0.5) is 0 Å². The third kappa shape index (κ3) is 3.30. The van der Waals surface area contributed by atoms with Crippen molar-refractivity contribution in [3.8, 4) is 0 Å². The van der Waals surface area contributed by atoms with Crippen molar-refractivity contribution < 1.29 is 0 Å². The average Bonchev–Trinajstić information content (AvgIpc) is 2.35. The largest absolute Gasteiger partial charge is 0.311 e. The molecule has 3 nitrogen and oxygen atoms in total. The van der Waals surface area contributed by atoms with Crippen molar-refractivity contribution >= 4 is 0 Å². The highest BCUT2D eigenvalue weighted by atomic mass is 15.3. The van der Waals surface area contributed by atoms with Crippen LogP contribution in [0.5, 0.6) is 0 Å². The first-order valence-electron chi connectivity index (χ1n) is 7.00. The molecule has 2 heterocycles. The summed E-state index contributed by atoms with van der Waals surface area (Å²) in [5.74, 6) is 0. The zero-order valence-corrected chi connectivity index (χ0v) is 11.8. The van der Waals surface area contributed by atoms with Crippen molar-refractivity contribution in [2.24, 2.45) is 0 Å². The van der Waals surface area contributed by atoms with E-state index in [-0.39, 0.29) is 5.54 Å². The van der Waals surface area contributed by atoms with Crippen LogP contribution in [-0.2, 0) is 6.54 Å². The summed E-state index contributed by atoms with van der Waals surface area (Å²) in [5.41, 5.74) is 1.38. The van der Waals surface area contributed by atoms with Crippen molar-refractivity contribution in [2.75, 3.05) is 13.1 Å². The molecule has 2 rings (SSSR count). The summed E-state index contributed by atoms with van der Waals surface area (Å²) in [6.45, 7) is 10.0. The average molecular weight is 247 g/mol. The molecule has 1 fully saturated rings. The van der Waals surface area contributed by atoms with Gasteiger partial charge in [-0.25, -0.2) is 0 Å². The lowest BCUT2D eigenvalue weighted by Gasteiger charge is -2.46. The Hall–Kier alpha value is -0.930. The van der Waals surface area contributed by atoms with Crippen LogP contribution in [0.3, 0.4) is 0 Å². The highest BCUT2D eigenvalue weighted by molar-refractivity contribution is 5.05. The van der Waals surface area contributed by atoms with Gasteiger partial charge in [0.2, 0.25) is 0 Å². The maximum absolute atomic E-state index is 4.45. The number of hydrogen-bond acceptors (Lipinski definition) is 3. The van der Waals surface area contributed by atoms with Gasteiger partial charge < -0.3 is 5.32 Å². The molecule has 0 radical (unpaired) electrons. The van der Waals surface area contributed by atoms with E-state index in [4.69, 9.17) is 0 Å². The van der Waals surface area contributed by atoms with Crippen LogP contribution in [0.1, 0.15) is 39.3 Å². The zero-order valence-electron chi connectivity index (χ0n) is 11.8. The molecule has 0 saturated carbocycles. The first kappa shape index (κ1) is 13.5. The summed E-state index contributed by atoms with van der Waals surface area (Å²) in [7, 11) is 0. The second-order valence-corrected chi connectivity index (χ2v) is 5.88. The number of rotatable bonds is 4. The summed E-state index contributed by atoms with van der Waals surface area (Å²) >= 11 is 0. The zero-order chi connectivity index (χ0) is 13.0. The highest BCUT2D eigenvalue weighted by Crippen LogP contribution is 2.22.